The molecule has 0 aromatic carbocycles. The highest BCUT2D eigenvalue weighted by Gasteiger charge is 2.22. The van der Waals surface area contributed by atoms with Gasteiger partial charge >= 0.3 is 0 Å². The summed E-state index contributed by atoms with van der Waals surface area (Å²) >= 11 is 0. The maximum atomic E-state index is 9.17. The van der Waals surface area contributed by atoms with E-state index in [1.165, 1.54) is 0 Å². The molecule has 1 unspecified atom stereocenters. The number of likely N-dealkylation sites (tertiary alicyclic amines) is 1. The maximum Gasteiger partial charge on any atom is 0.179 e. The molecule has 1 saturated heterocycles. The van der Waals surface area contributed by atoms with Gasteiger partial charge in [0, 0.05) is 44.5 Å². The van der Waals surface area contributed by atoms with Crippen LogP contribution in [0.2, 0.25) is 0 Å². The van der Waals surface area contributed by atoms with E-state index in [-0.39, 0.29) is 0 Å². The van der Waals surface area contributed by atoms with Crippen molar-refractivity contribution < 1.29 is 0 Å². The first-order chi connectivity index (χ1) is 11.7. The Kier molecular flexibility index (Phi) is 3.54. The third-order valence-corrected chi connectivity index (χ3v) is 4.41. The quantitative estimate of drug-likeness (QED) is 0.741. The molecule has 1 aliphatic heterocycles. The Morgan fingerprint density at radius 3 is 3.12 bits per heavy atom. The van der Waals surface area contributed by atoms with E-state index in [0.717, 1.165) is 48.6 Å². The predicted molar refractivity (Wildman–Crippen MR) is 88.6 cm³/mol. The first-order valence-electron chi connectivity index (χ1n) is 7.97. The van der Waals surface area contributed by atoms with Gasteiger partial charge in [0.15, 0.2) is 17.7 Å². The van der Waals surface area contributed by atoms with Crippen LogP contribution in [0.1, 0.15) is 24.3 Å². The lowest BCUT2D eigenvalue weighted by Crippen LogP contribution is -2.30. The van der Waals surface area contributed by atoms with E-state index < -0.39 is 0 Å². The van der Waals surface area contributed by atoms with Gasteiger partial charge < -0.3 is 10.2 Å². The zero-order chi connectivity index (χ0) is 16.5. The summed E-state index contributed by atoms with van der Waals surface area (Å²) in [4.78, 5) is 6.16. The van der Waals surface area contributed by atoms with Crippen molar-refractivity contribution in [2.24, 2.45) is 7.05 Å². The Labute approximate surface area is 139 Å². The average Bonchev–Trinajstić information content (AvgIpc) is 3.23. The van der Waals surface area contributed by atoms with Crippen LogP contribution in [0.5, 0.6) is 0 Å². The zero-order valence-corrected chi connectivity index (χ0v) is 13.4. The second-order valence-electron chi connectivity index (χ2n) is 6.10. The molecule has 122 valence electrons. The van der Waals surface area contributed by atoms with Crippen LogP contribution in [0.25, 0.3) is 5.65 Å². The van der Waals surface area contributed by atoms with Crippen molar-refractivity contribution in [1.82, 2.24) is 29.3 Å². The van der Waals surface area contributed by atoms with Crippen LogP contribution in [-0.2, 0) is 7.05 Å². The number of aryl methyl sites for hydroxylation is 1. The summed E-state index contributed by atoms with van der Waals surface area (Å²) in [5, 5.41) is 21.1. The van der Waals surface area contributed by atoms with E-state index in [0.29, 0.717) is 5.92 Å². The highest BCUT2D eigenvalue weighted by molar-refractivity contribution is 5.72. The number of aromatic nitrogens is 5. The summed E-state index contributed by atoms with van der Waals surface area (Å²) in [6.07, 6.45) is 9.80. The van der Waals surface area contributed by atoms with Crippen molar-refractivity contribution in [3.05, 3.63) is 36.4 Å². The van der Waals surface area contributed by atoms with Crippen molar-refractivity contribution in [1.29, 1.82) is 5.26 Å². The number of pyridine rings is 1. The second kappa shape index (κ2) is 5.85. The molecule has 8 heteroatoms. The van der Waals surface area contributed by atoms with Crippen molar-refractivity contribution in [2.45, 2.75) is 18.8 Å². The first-order valence-corrected chi connectivity index (χ1v) is 7.97. The van der Waals surface area contributed by atoms with Gasteiger partial charge in [-0.25, -0.2) is 9.50 Å². The summed E-state index contributed by atoms with van der Waals surface area (Å²) in [7, 11) is 1.88. The minimum Gasteiger partial charge on any atom is -0.336 e. The highest BCUT2D eigenvalue weighted by Crippen LogP contribution is 2.30. The number of anilines is 2. The third-order valence-electron chi connectivity index (χ3n) is 4.41. The summed E-state index contributed by atoms with van der Waals surface area (Å²) < 4.78 is 3.53. The number of nitrogens with zero attached hydrogens (tertiary/aromatic N) is 7. The Morgan fingerprint density at radius 2 is 2.33 bits per heavy atom. The first kappa shape index (κ1) is 14.5. The molecule has 0 saturated carbocycles. The fourth-order valence-electron chi connectivity index (χ4n) is 3.22. The van der Waals surface area contributed by atoms with Gasteiger partial charge in [-0.15, -0.1) is 0 Å². The molecule has 4 rings (SSSR count). The molecule has 8 nitrogen and oxygen atoms in total. The number of piperidine rings is 1. The molecule has 3 aromatic heterocycles. The van der Waals surface area contributed by atoms with Crippen LogP contribution in [0.15, 0.2) is 30.9 Å². The van der Waals surface area contributed by atoms with Gasteiger partial charge in [0.05, 0.1) is 5.69 Å². The molecular formula is C16H18N8. The van der Waals surface area contributed by atoms with Gasteiger partial charge in [-0.1, -0.05) is 0 Å². The lowest BCUT2D eigenvalue weighted by atomic mass is 9.92. The van der Waals surface area contributed by atoms with Crippen LogP contribution in [0, 0.1) is 11.5 Å². The topological polar surface area (TPSA) is 87.1 Å². The minimum atomic E-state index is 0.316. The molecule has 1 N–H and O–H groups in total. The van der Waals surface area contributed by atoms with Crippen molar-refractivity contribution in [3.63, 3.8) is 0 Å². The largest absolute Gasteiger partial charge is 0.336 e. The molecule has 0 bridgehead atoms. The van der Waals surface area contributed by atoms with Crippen LogP contribution in [0.4, 0.5) is 11.5 Å². The van der Waals surface area contributed by atoms with Gasteiger partial charge in [0.1, 0.15) is 6.33 Å². The van der Waals surface area contributed by atoms with Gasteiger partial charge in [0.2, 0.25) is 0 Å². The molecule has 0 amide bonds. The van der Waals surface area contributed by atoms with Gasteiger partial charge in [-0.05, 0) is 24.5 Å². The van der Waals surface area contributed by atoms with Gasteiger partial charge in [0.25, 0.3) is 0 Å². The maximum absolute atomic E-state index is 9.17. The normalized spacial score (nSPS) is 17.8. The predicted octanol–water partition coefficient (Wildman–Crippen LogP) is 1.87. The number of nitrogens with one attached hydrogen (secondary N) is 1. The summed E-state index contributed by atoms with van der Waals surface area (Å²) in [5.74, 6) is 1.08. The summed E-state index contributed by atoms with van der Waals surface area (Å²) in [6.45, 7) is 1.59. The van der Waals surface area contributed by atoms with E-state index in [9.17, 15) is 5.26 Å². The number of fused-ring (bicyclic) bond motifs is 1. The molecule has 0 radical (unpaired) electrons. The Bertz CT molecular complexity index is 902. The molecule has 0 aliphatic carbocycles. The van der Waals surface area contributed by atoms with Gasteiger partial charge in [-0.3, -0.25) is 4.68 Å². The Balaban J connectivity index is 1.70. The zero-order valence-electron chi connectivity index (χ0n) is 13.4. The Hall–Kier alpha value is -3.08. The van der Waals surface area contributed by atoms with Gasteiger partial charge in [-0.2, -0.15) is 15.5 Å². The number of hydrogen-bond acceptors (Lipinski definition) is 6. The Morgan fingerprint density at radius 1 is 1.42 bits per heavy atom. The number of nitriles is 1. The monoisotopic (exact) mass is 322 g/mol. The second-order valence-corrected chi connectivity index (χ2v) is 6.10. The minimum absolute atomic E-state index is 0.316. The van der Waals surface area contributed by atoms with E-state index in [4.69, 9.17) is 0 Å². The van der Waals surface area contributed by atoms with E-state index in [1.54, 1.807) is 15.5 Å². The molecule has 24 heavy (non-hydrogen) atoms. The molecule has 1 fully saturated rings. The third kappa shape index (κ3) is 2.65. The smallest absolute Gasteiger partial charge is 0.179 e. The highest BCUT2D eigenvalue weighted by atomic mass is 15.3. The number of hydrogen-bond donors (Lipinski definition) is 1. The molecule has 1 aliphatic rings. The van der Waals surface area contributed by atoms with E-state index in [2.05, 4.69) is 32.8 Å². The standard InChI is InChI=1S/C16H18N8/c1-22-6-4-15(21-22)20-14-7-13(9-24-16(14)18-11-19-24)12-3-2-5-23(8-12)10-17/h4,6-7,9,11-12H,2-3,5,8H2,1H3,(H,20,21). The van der Waals surface area contributed by atoms with Crippen LogP contribution in [-0.4, -0.2) is 42.4 Å². The van der Waals surface area contributed by atoms with E-state index >= 15 is 0 Å². The average molecular weight is 322 g/mol. The van der Waals surface area contributed by atoms with Crippen LogP contribution >= 0.6 is 0 Å². The van der Waals surface area contributed by atoms with Crippen LogP contribution < -0.4 is 5.32 Å². The summed E-state index contributed by atoms with van der Waals surface area (Å²) in [5.41, 5.74) is 2.79. The molecule has 0 spiro atoms. The SMILES string of the molecule is Cn1ccc(Nc2cc(C3CCCN(C#N)C3)cn3ncnc23)n1. The van der Waals surface area contributed by atoms with Crippen molar-refractivity contribution >= 4 is 17.2 Å². The lowest BCUT2D eigenvalue weighted by molar-refractivity contribution is 0.290. The fraction of sp³-hybridized carbons (Fsp3) is 0.375. The number of rotatable bonds is 3. The molecule has 4 heterocycles. The molecule has 3 aromatic rings. The van der Waals surface area contributed by atoms with Crippen LogP contribution in [0.3, 0.4) is 0 Å². The molecule has 1 atom stereocenters. The molecular weight excluding hydrogens is 304 g/mol. The summed E-state index contributed by atoms with van der Waals surface area (Å²) in [6, 6.07) is 4.02. The van der Waals surface area contributed by atoms with E-state index in [1.807, 2.05) is 30.4 Å². The lowest BCUT2D eigenvalue weighted by Gasteiger charge is -2.29. The van der Waals surface area contributed by atoms with Crippen molar-refractivity contribution in [3.8, 4) is 6.19 Å². The van der Waals surface area contributed by atoms with Crippen molar-refractivity contribution in [2.75, 3.05) is 18.4 Å². The fourth-order valence-corrected chi connectivity index (χ4v) is 3.22.